The normalized spacial score (nSPS) is 11.6. The molecule has 0 radical (unpaired) electrons. The quantitative estimate of drug-likeness (QED) is 0.395. The van der Waals surface area contributed by atoms with Crippen LogP contribution >= 0.6 is 0 Å². The second kappa shape index (κ2) is 9.32. The van der Waals surface area contributed by atoms with Crippen LogP contribution in [0.4, 0.5) is 5.69 Å². The maximum absolute atomic E-state index is 12.9. The number of anilines is 1. The number of benzene rings is 3. The summed E-state index contributed by atoms with van der Waals surface area (Å²) in [5.74, 6) is -0.726. The van der Waals surface area contributed by atoms with E-state index < -0.39 is 21.6 Å². The number of hydrogen-bond donors (Lipinski definition) is 2. The van der Waals surface area contributed by atoms with Gasteiger partial charge in [-0.2, -0.15) is 0 Å². The van der Waals surface area contributed by atoms with Crippen LogP contribution in [0.2, 0.25) is 0 Å². The van der Waals surface area contributed by atoms with E-state index in [9.17, 15) is 18.3 Å². The van der Waals surface area contributed by atoms with Crippen molar-refractivity contribution in [2.24, 2.45) is 0 Å². The number of carbonyl (C=O) groups excluding carboxylic acids is 1. The van der Waals surface area contributed by atoms with Gasteiger partial charge >= 0.3 is 5.97 Å². The van der Waals surface area contributed by atoms with E-state index in [1.807, 2.05) is 30.3 Å². The number of carbonyl (C=O) groups is 1. The summed E-state index contributed by atoms with van der Waals surface area (Å²) in [5.41, 5.74) is 0.115. The molecule has 8 heteroatoms. The Morgan fingerprint density at radius 2 is 1.62 bits per heavy atom. The first-order valence-corrected chi connectivity index (χ1v) is 11.4. The van der Waals surface area contributed by atoms with Crippen molar-refractivity contribution in [3.05, 3.63) is 83.9 Å². The number of rotatable bonds is 7. The molecule has 2 N–H and O–H groups in total. The van der Waals surface area contributed by atoms with Gasteiger partial charge in [-0.3, -0.25) is 4.72 Å². The van der Waals surface area contributed by atoms with Crippen molar-refractivity contribution in [1.82, 2.24) is 0 Å². The van der Waals surface area contributed by atoms with Crippen LogP contribution in [0.1, 0.15) is 36.7 Å². The highest BCUT2D eigenvalue weighted by Gasteiger charge is 2.25. The van der Waals surface area contributed by atoms with Crippen molar-refractivity contribution in [3.8, 4) is 11.5 Å². The van der Waals surface area contributed by atoms with Crippen molar-refractivity contribution in [3.63, 3.8) is 0 Å². The first-order chi connectivity index (χ1) is 15.0. The lowest BCUT2D eigenvalue weighted by Crippen LogP contribution is -2.24. The van der Waals surface area contributed by atoms with Crippen LogP contribution in [0.5, 0.6) is 11.5 Å². The van der Waals surface area contributed by atoms with E-state index in [1.54, 1.807) is 32.9 Å². The Balaban J connectivity index is 1.95. The van der Waals surface area contributed by atoms with E-state index in [0.717, 1.165) is 5.56 Å². The van der Waals surface area contributed by atoms with E-state index in [4.69, 9.17) is 9.47 Å². The lowest BCUT2D eigenvalue weighted by molar-refractivity contribution is 0.00651. The minimum absolute atomic E-state index is 0.0176. The Kier molecular flexibility index (Phi) is 6.74. The maximum atomic E-state index is 12.9. The number of ether oxygens (including phenoxy) is 2. The molecule has 0 heterocycles. The standard InChI is InChI=1S/C24H25NO6S/c1-24(2,3)31-23(27)19-15-18(32(28,29)25-20-11-7-8-12-21(20)26)13-14-22(19)30-16-17-9-5-4-6-10-17/h4-15,25-26H,16H2,1-3H3. The van der Waals surface area contributed by atoms with Crippen molar-refractivity contribution in [2.75, 3.05) is 4.72 Å². The average molecular weight is 456 g/mol. The number of aromatic hydroxyl groups is 1. The van der Waals surface area contributed by atoms with E-state index in [-0.39, 0.29) is 34.3 Å². The Labute approximate surface area is 187 Å². The van der Waals surface area contributed by atoms with Crippen LogP contribution in [0, 0.1) is 0 Å². The molecule has 0 amide bonds. The number of phenols is 1. The highest BCUT2D eigenvalue weighted by Crippen LogP contribution is 2.29. The fourth-order valence-electron chi connectivity index (χ4n) is 2.79. The topological polar surface area (TPSA) is 102 Å². The lowest BCUT2D eigenvalue weighted by atomic mass is 10.1. The lowest BCUT2D eigenvalue weighted by Gasteiger charge is -2.21. The minimum Gasteiger partial charge on any atom is -0.506 e. The number of sulfonamides is 1. The molecule has 0 saturated carbocycles. The van der Waals surface area contributed by atoms with Crippen LogP contribution in [0.25, 0.3) is 0 Å². The largest absolute Gasteiger partial charge is 0.506 e. The van der Waals surface area contributed by atoms with E-state index >= 15 is 0 Å². The molecule has 32 heavy (non-hydrogen) atoms. The molecule has 168 valence electrons. The van der Waals surface area contributed by atoms with Gasteiger partial charge in [0.15, 0.2) is 0 Å². The molecular weight excluding hydrogens is 430 g/mol. The monoisotopic (exact) mass is 455 g/mol. The van der Waals surface area contributed by atoms with Crippen LogP contribution in [0.3, 0.4) is 0 Å². The van der Waals surface area contributed by atoms with Gasteiger partial charge in [0.2, 0.25) is 0 Å². The van der Waals surface area contributed by atoms with Crippen molar-refractivity contribution >= 4 is 21.7 Å². The molecule has 3 aromatic carbocycles. The number of esters is 1. The molecule has 0 bridgehead atoms. The molecule has 0 atom stereocenters. The molecule has 0 saturated heterocycles. The highest BCUT2D eigenvalue weighted by atomic mass is 32.2. The average Bonchev–Trinajstić information content (AvgIpc) is 2.73. The minimum atomic E-state index is -4.09. The van der Waals surface area contributed by atoms with Crippen LogP contribution in [-0.2, 0) is 21.4 Å². The summed E-state index contributed by atoms with van der Waals surface area (Å²) in [6.07, 6.45) is 0. The van der Waals surface area contributed by atoms with E-state index in [2.05, 4.69) is 4.72 Å². The third kappa shape index (κ3) is 6.01. The molecule has 0 fully saturated rings. The Morgan fingerprint density at radius 1 is 0.969 bits per heavy atom. The number of phenolic OH excluding ortho intramolecular Hbond substituents is 1. The first-order valence-electron chi connectivity index (χ1n) is 9.90. The smallest absolute Gasteiger partial charge is 0.342 e. The predicted octanol–water partition coefficient (Wildman–Crippen LogP) is 4.73. The van der Waals surface area contributed by atoms with Crippen molar-refractivity contribution in [2.45, 2.75) is 37.9 Å². The second-order valence-corrected chi connectivity index (χ2v) is 9.74. The maximum Gasteiger partial charge on any atom is 0.342 e. The zero-order valence-corrected chi connectivity index (χ0v) is 18.8. The summed E-state index contributed by atoms with van der Waals surface area (Å²) < 4.78 is 39.4. The summed E-state index contributed by atoms with van der Waals surface area (Å²) in [6.45, 7) is 5.35. The summed E-state index contributed by atoms with van der Waals surface area (Å²) in [6, 6.07) is 19.3. The van der Waals surface area contributed by atoms with E-state index in [1.165, 1.54) is 30.3 Å². The zero-order chi connectivity index (χ0) is 23.4. The van der Waals surface area contributed by atoms with Gasteiger partial charge in [0.25, 0.3) is 10.0 Å². The van der Waals surface area contributed by atoms with E-state index in [0.29, 0.717) is 0 Å². The third-order valence-corrected chi connectivity index (χ3v) is 5.63. The molecule has 0 spiro atoms. The predicted molar refractivity (Wildman–Crippen MR) is 121 cm³/mol. The molecule has 0 unspecified atom stereocenters. The molecule has 3 rings (SSSR count). The first kappa shape index (κ1) is 23.1. The molecule has 7 nitrogen and oxygen atoms in total. The zero-order valence-electron chi connectivity index (χ0n) is 18.0. The number of nitrogens with one attached hydrogen (secondary N) is 1. The summed E-state index contributed by atoms with van der Waals surface area (Å²) >= 11 is 0. The SMILES string of the molecule is CC(C)(C)OC(=O)c1cc(S(=O)(=O)Nc2ccccc2O)ccc1OCc1ccccc1. The van der Waals surface area contributed by atoms with Crippen LogP contribution < -0.4 is 9.46 Å². The molecule has 0 aliphatic carbocycles. The molecule has 3 aromatic rings. The van der Waals surface area contributed by atoms with Gasteiger partial charge < -0.3 is 14.6 Å². The van der Waals surface area contributed by atoms with Crippen molar-refractivity contribution in [1.29, 1.82) is 0 Å². The Hall–Kier alpha value is -3.52. The Morgan fingerprint density at radius 3 is 2.28 bits per heavy atom. The summed E-state index contributed by atoms with van der Waals surface area (Å²) in [7, 11) is -4.09. The fraction of sp³-hybridized carbons (Fsp3) is 0.208. The molecular formula is C24H25NO6S. The van der Waals surface area contributed by atoms with Gasteiger partial charge in [0, 0.05) is 0 Å². The number of para-hydroxylation sites is 2. The van der Waals surface area contributed by atoms with Gasteiger partial charge in [0.05, 0.1) is 10.6 Å². The second-order valence-electron chi connectivity index (χ2n) is 8.06. The molecule has 0 aromatic heterocycles. The molecule has 0 aliphatic rings. The fourth-order valence-corrected chi connectivity index (χ4v) is 3.89. The van der Waals surface area contributed by atoms with Crippen molar-refractivity contribution < 1.29 is 27.8 Å². The molecule has 0 aliphatic heterocycles. The number of hydrogen-bond acceptors (Lipinski definition) is 6. The third-order valence-electron chi connectivity index (χ3n) is 4.27. The van der Waals surface area contributed by atoms with Crippen LogP contribution in [0.15, 0.2) is 77.7 Å². The van der Waals surface area contributed by atoms with Gasteiger partial charge in [-0.1, -0.05) is 42.5 Å². The summed E-state index contributed by atoms with van der Waals surface area (Å²) in [4.78, 5) is 12.7. The van der Waals surface area contributed by atoms with Gasteiger partial charge in [-0.15, -0.1) is 0 Å². The van der Waals surface area contributed by atoms with Gasteiger partial charge in [-0.25, -0.2) is 13.2 Å². The highest BCUT2D eigenvalue weighted by molar-refractivity contribution is 7.92. The Bertz CT molecular complexity index is 1200. The van der Waals surface area contributed by atoms with Gasteiger partial charge in [-0.05, 0) is 56.7 Å². The van der Waals surface area contributed by atoms with Gasteiger partial charge in [0.1, 0.15) is 29.3 Å². The van der Waals surface area contributed by atoms with Crippen LogP contribution in [-0.4, -0.2) is 25.1 Å². The summed E-state index contributed by atoms with van der Waals surface area (Å²) in [5, 5.41) is 9.89.